The van der Waals surface area contributed by atoms with E-state index in [1.54, 1.807) is 6.08 Å². The first-order valence-electron chi connectivity index (χ1n) is 11.2. The van der Waals surface area contributed by atoms with Crippen molar-refractivity contribution in [3.8, 4) is 11.5 Å². The summed E-state index contributed by atoms with van der Waals surface area (Å²) < 4.78 is 11.8. The Hall–Kier alpha value is -3.39. The monoisotopic (exact) mass is 476 g/mol. The molecule has 2 aliphatic heterocycles. The molecule has 2 aliphatic rings. The highest BCUT2D eigenvalue weighted by Crippen LogP contribution is 2.30. The summed E-state index contributed by atoms with van der Waals surface area (Å²) in [5.41, 5.74) is 2.22. The van der Waals surface area contributed by atoms with Crippen molar-refractivity contribution >= 4 is 39.8 Å². The summed E-state index contributed by atoms with van der Waals surface area (Å²) in [7, 11) is 0. The predicted molar refractivity (Wildman–Crippen MR) is 138 cm³/mol. The molecule has 0 aliphatic carbocycles. The van der Waals surface area contributed by atoms with Crippen LogP contribution in [0.25, 0.3) is 6.08 Å². The number of ether oxygens (including phenoxy) is 2. The minimum atomic E-state index is -0.451. The zero-order chi connectivity index (χ0) is 24.3. The summed E-state index contributed by atoms with van der Waals surface area (Å²) in [6, 6.07) is 15.5. The van der Waals surface area contributed by atoms with E-state index in [1.807, 2.05) is 43.3 Å². The molecule has 0 fully saturated rings. The van der Waals surface area contributed by atoms with Gasteiger partial charge in [0.05, 0.1) is 5.57 Å². The molecule has 0 saturated heterocycles. The molecule has 7 nitrogen and oxygen atoms in total. The number of thioether (sulfide) groups is 1. The van der Waals surface area contributed by atoms with Crippen molar-refractivity contribution in [1.29, 1.82) is 5.41 Å². The number of nitrogens with zero attached hydrogens (tertiary/aromatic N) is 3. The van der Waals surface area contributed by atoms with Crippen LogP contribution in [0.2, 0.25) is 0 Å². The molecule has 0 unspecified atom stereocenters. The summed E-state index contributed by atoms with van der Waals surface area (Å²) in [5.74, 6) is 0.957. The fraction of sp³-hybridized carbons (Fsp3) is 0.308. The lowest BCUT2D eigenvalue weighted by atomic mass is 9.87. The molecule has 0 saturated carbocycles. The first kappa shape index (κ1) is 23.8. The van der Waals surface area contributed by atoms with E-state index in [4.69, 9.17) is 14.9 Å². The number of aliphatic imine (C=N–C) groups is 1. The molecule has 1 amide bonds. The first-order chi connectivity index (χ1) is 16.3. The van der Waals surface area contributed by atoms with Crippen LogP contribution < -0.4 is 9.47 Å². The fourth-order valence-electron chi connectivity index (χ4n) is 3.42. The number of para-hydroxylation sites is 1. The molecule has 8 heteroatoms. The van der Waals surface area contributed by atoms with Crippen LogP contribution in [0.1, 0.15) is 45.2 Å². The highest BCUT2D eigenvalue weighted by molar-refractivity contribution is 8.26. The third-order valence-electron chi connectivity index (χ3n) is 5.35. The molecule has 176 valence electrons. The summed E-state index contributed by atoms with van der Waals surface area (Å²) in [6.45, 7) is 9.22. The van der Waals surface area contributed by atoms with E-state index in [1.165, 1.54) is 22.3 Å². The van der Waals surface area contributed by atoms with Crippen molar-refractivity contribution in [1.82, 2.24) is 5.01 Å². The number of amides is 1. The number of benzene rings is 2. The number of carbonyl (C=O) groups is 1. The van der Waals surface area contributed by atoms with E-state index in [0.29, 0.717) is 29.7 Å². The Morgan fingerprint density at radius 3 is 2.47 bits per heavy atom. The van der Waals surface area contributed by atoms with Crippen molar-refractivity contribution in [2.45, 2.75) is 39.5 Å². The van der Waals surface area contributed by atoms with Gasteiger partial charge < -0.3 is 9.47 Å². The van der Waals surface area contributed by atoms with Crippen LogP contribution >= 0.6 is 11.8 Å². The van der Waals surface area contributed by atoms with E-state index in [9.17, 15) is 4.79 Å². The maximum atomic E-state index is 12.6. The minimum absolute atomic E-state index is 0.0165. The molecule has 0 spiro atoms. The van der Waals surface area contributed by atoms with Gasteiger partial charge in [-0.25, -0.2) is 0 Å². The van der Waals surface area contributed by atoms with Crippen LogP contribution in [-0.4, -0.2) is 40.2 Å². The molecule has 2 heterocycles. The number of carbonyl (C=O) groups excluding carboxylic acids is 1. The maximum absolute atomic E-state index is 12.6. The van der Waals surface area contributed by atoms with E-state index in [0.717, 1.165) is 17.2 Å². The van der Waals surface area contributed by atoms with Gasteiger partial charge in [0, 0.05) is 5.56 Å². The first-order valence-corrected chi connectivity index (χ1v) is 12.0. The number of nitrogens with one attached hydrogen (secondary N) is 1. The van der Waals surface area contributed by atoms with Gasteiger partial charge in [-0.2, -0.15) is 15.1 Å². The van der Waals surface area contributed by atoms with Gasteiger partial charge in [0.25, 0.3) is 5.91 Å². The molecule has 2 aromatic carbocycles. The number of hydrogen-bond acceptors (Lipinski definition) is 6. The van der Waals surface area contributed by atoms with Crippen molar-refractivity contribution in [3.05, 3.63) is 65.2 Å². The average molecular weight is 477 g/mol. The number of amidine groups is 2. The molecular formula is C26H28N4O3S. The lowest BCUT2D eigenvalue weighted by molar-refractivity contribution is -0.114. The lowest BCUT2D eigenvalue weighted by Gasteiger charge is -2.20. The molecule has 2 aromatic rings. The van der Waals surface area contributed by atoms with Crippen molar-refractivity contribution in [3.63, 3.8) is 0 Å². The second-order valence-corrected chi connectivity index (χ2v) is 9.92. The normalized spacial score (nSPS) is 16.9. The van der Waals surface area contributed by atoms with Gasteiger partial charge in [-0.1, -0.05) is 58.0 Å². The summed E-state index contributed by atoms with van der Waals surface area (Å²) in [4.78, 5) is 16.7. The fourth-order valence-corrected chi connectivity index (χ4v) is 4.25. The summed E-state index contributed by atoms with van der Waals surface area (Å²) in [5, 5.41) is 15.5. The van der Waals surface area contributed by atoms with Crippen molar-refractivity contribution < 1.29 is 14.3 Å². The largest absolute Gasteiger partial charge is 0.490 e. The Bertz CT molecular complexity index is 1190. The summed E-state index contributed by atoms with van der Waals surface area (Å²) >= 11 is 1.33. The number of rotatable bonds is 7. The maximum Gasteiger partial charge on any atom is 0.283 e. The molecule has 34 heavy (non-hydrogen) atoms. The van der Waals surface area contributed by atoms with E-state index in [-0.39, 0.29) is 16.8 Å². The SMILES string of the molecule is CCC1=NN2C(=N)/C(=C/c3ccccc3OCCOc3ccc(C(C)(C)C)cc3)C(=O)N=C2S1. The highest BCUT2D eigenvalue weighted by Gasteiger charge is 2.35. The Morgan fingerprint density at radius 1 is 1.06 bits per heavy atom. The average Bonchev–Trinajstić information content (AvgIpc) is 3.23. The van der Waals surface area contributed by atoms with Crippen LogP contribution in [0.4, 0.5) is 0 Å². The molecule has 4 rings (SSSR count). The van der Waals surface area contributed by atoms with Crippen LogP contribution in [0.3, 0.4) is 0 Å². The van der Waals surface area contributed by atoms with Gasteiger partial charge in [-0.05, 0) is 53.4 Å². The smallest absolute Gasteiger partial charge is 0.283 e. The van der Waals surface area contributed by atoms with Crippen LogP contribution in [0.15, 0.2) is 64.2 Å². The number of fused-ring (bicyclic) bond motifs is 1. The standard InChI is InChI=1S/C26H28N4O3S/c1-5-22-29-30-23(27)20(24(31)28-25(30)34-22)16-17-8-6-7-9-21(17)33-15-14-32-19-12-10-18(11-13-19)26(2,3)4/h6-13,16,27H,5,14-15H2,1-4H3/b20-16-,27-23?. The zero-order valence-electron chi connectivity index (χ0n) is 19.8. The molecule has 0 atom stereocenters. The van der Waals surface area contributed by atoms with Crippen LogP contribution in [0, 0.1) is 5.41 Å². The minimum Gasteiger partial charge on any atom is -0.490 e. The van der Waals surface area contributed by atoms with Gasteiger partial charge in [-0.3, -0.25) is 10.2 Å². The van der Waals surface area contributed by atoms with Crippen LogP contribution in [0.5, 0.6) is 11.5 Å². The second-order valence-electron chi connectivity index (χ2n) is 8.88. The third kappa shape index (κ3) is 5.22. The Kier molecular flexibility index (Phi) is 6.88. The van der Waals surface area contributed by atoms with E-state index >= 15 is 0 Å². The third-order valence-corrected chi connectivity index (χ3v) is 6.40. The summed E-state index contributed by atoms with van der Waals surface area (Å²) in [6.07, 6.45) is 2.36. The quantitative estimate of drug-likeness (QED) is 0.423. The molecule has 1 N–H and O–H groups in total. The topological polar surface area (TPSA) is 87.3 Å². The van der Waals surface area contributed by atoms with Gasteiger partial charge in [-0.15, -0.1) is 0 Å². The highest BCUT2D eigenvalue weighted by atomic mass is 32.2. The van der Waals surface area contributed by atoms with Gasteiger partial charge in [0.15, 0.2) is 5.84 Å². The van der Waals surface area contributed by atoms with Gasteiger partial charge in [0.2, 0.25) is 5.17 Å². The predicted octanol–water partition coefficient (Wildman–Crippen LogP) is 5.47. The van der Waals surface area contributed by atoms with Gasteiger partial charge in [0.1, 0.15) is 29.8 Å². The Morgan fingerprint density at radius 2 is 1.76 bits per heavy atom. The number of hydrazone groups is 1. The van der Waals surface area contributed by atoms with E-state index in [2.05, 4.69) is 43.0 Å². The number of hydrogen-bond donors (Lipinski definition) is 1. The van der Waals surface area contributed by atoms with Crippen molar-refractivity contribution in [2.75, 3.05) is 13.2 Å². The Balaban J connectivity index is 1.41. The molecule has 0 bridgehead atoms. The van der Waals surface area contributed by atoms with Crippen LogP contribution in [-0.2, 0) is 10.2 Å². The second kappa shape index (κ2) is 9.85. The molecule has 0 radical (unpaired) electrons. The molecular weight excluding hydrogens is 448 g/mol. The lowest BCUT2D eigenvalue weighted by Crippen LogP contribution is -2.35. The van der Waals surface area contributed by atoms with E-state index < -0.39 is 5.91 Å². The van der Waals surface area contributed by atoms with Gasteiger partial charge >= 0.3 is 0 Å². The zero-order valence-corrected chi connectivity index (χ0v) is 20.6. The Labute approximate surface area is 204 Å². The molecule has 0 aromatic heterocycles. The van der Waals surface area contributed by atoms with Crippen molar-refractivity contribution in [2.24, 2.45) is 10.1 Å².